The van der Waals surface area contributed by atoms with Gasteiger partial charge in [0.05, 0.1) is 57.3 Å². The van der Waals surface area contributed by atoms with Gasteiger partial charge in [0.25, 0.3) is 0 Å². The Labute approximate surface area is 252 Å². The van der Waals surface area contributed by atoms with Gasteiger partial charge in [0.15, 0.2) is 11.6 Å². The van der Waals surface area contributed by atoms with Crippen molar-refractivity contribution in [2.75, 3.05) is 26.8 Å². The van der Waals surface area contributed by atoms with Gasteiger partial charge >= 0.3 is 5.97 Å². The number of hydrogen-bond donors (Lipinski definition) is 0. The van der Waals surface area contributed by atoms with E-state index in [4.69, 9.17) is 31.9 Å². The van der Waals surface area contributed by atoms with E-state index in [1.807, 2.05) is 18.2 Å². The van der Waals surface area contributed by atoms with Gasteiger partial charge in [-0.05, 0) is 73.4 Å². The van der Waals surface area contributed by atoms with Crippen LogP contribution in [0.1, 0.15) is 49.3 Å². The minimum atomic E-state index is -2.33. The van der Waals surface area contributed by atoms with Crippen LogP contribution >= 0.6 is 0 Å². The Kier molecular flexibility index (Phi) is 7.80. The molecule has 9 nitrogen and oxygen atoms in total. The number of fused-ring (bicyclic) bond motifs is 1. The van der Waals surface area contributed by atoms with Crippen molar-refractivity contribution in [1.82, 2.24) is 14.5 Å². The number of piperidine rings is 1. The van der Waals surface area contributed by atoms with Crippen LogP contribution in [0.3, 0.4) is 0 Å². The van der Waals surface area contributed by atoms with Crippen molar-refractivity contribution in [2.24, 2.45) is 0 Å². The molecule has 0 N–H and O–H groups in total. The molecule has 1 atom stereocenters. The zero-order valence-corrected chi connectivity index (χ0v) is 23.8. The van der Waals surface area contributed by atoms with Gasteiger partial charge in [-0.2, -0.15) is 5.26 Å². The van der Waals surface area contributed by atoms with Crippen molar-refractivity contribution in [3.05, 3.63) is 89.0 Å². The largest absolute Gasteiger partial charge is 0.490 e. The molecule has 3 aromatic carbocycles. The van der Waals surface area contributed by atoms with E-state index in [1.54, 1.807) is 30.3 Å². The Morgan fingerprint density at radius 1 is 1.16 bits per heavy atom. The summed E-state index contributed by atoms with van der Waals surface area (Å²) in [6.07, 6.45) is 2.58. The molecule has 2 saturated heterocycles. The van der Waals surface area contributed by atoms with E-state index in [1.165, 1.54) is 19.2 Å². The van der Waals surface area contributed by atoms with Gasteiger partial charge < -0.3 is 23.5 Å². The Morgan fingerprint density at radius 2 is 2.00 bits per heavy atom. The summed E-state index contributed by atoms with van der Waals surface area (Å²) in [6.45, 7) is 1.29. The second-order valence-corrected chi connectivity index (χ2v) is 10.7. The average molecular weight is 587 g/mol. The number of likely N-dealkylation sites (tertiary alicyclic amines) is 1. The summed E-state index contributed by atoms with van der Waals surface area (Å²) >= 11 is 0. The molecular weight excluding hydrogens is 551 g/mol. The first-order chi connectivity index (χ1) is 21.7. The SMILES string of the molecule is [2H]C([2H])(Oc1ccc(C#N)cc1F)c1cccc(OC2CCN(Cc3nc4ccc(C(=O)OC)cc4n3C[C@@H]3CCO3)CC2)c1. The topological polar surface area (TPSA) is 98.8 Å². The minimum absolute atomic E-state index is 0.0657. The Balaban J connectivity index is 1.09. The Morgan fingerprint density at radius 3 is 2.72 bits per heavy atom. The zero-order chi connectivity index (χ0) is 31.6. The number of imidazole rings is 1. The number of carbonyl (C=O) groups excluding carboxylic acids is 1. The van der Waals surface area contributed by atoms with Crippen LogP contribution in [-0.2, 0) is 29.1 Å². The highest BCUT2D eigenvalue weighted by Gasteiger charge is 2.26. The van der Waals surface area contributed by atoms with E-state index in [0.29, 0.717) is 24.4 Å². The third-order valence-corrected chi connectivity index (χ3v) is 7.80. The van der Waals surface area contributed by atoms with Crippen molar-refractivity contribution < 1.29 is 30.9 Å². The number of hydrogen-bond acceptors (Lipinski definition) is 8. The molecule has 6 rings (SSSR count). The predicted molar refractivity (Wildman–Crippen MR) is 156 cm³/mol. The first kappa shape index (κ1) is 26.2. The fourth-order valence-corrected chi connectivity index (χ4v) is 5.35. The van der Waals surface area contributed by atoms with Crippen LogP contribution in [0.15, 0.2) is 60.7 Å². The molecule has 0 amide bonds. The highest BCUT2D eigenvalue weighted by Crippen LogP contribution is 2.26. The maximum Gasteiger partial charge on any atom is 0.337 e. The molecule has 0 bridgehead atoms. The van der Waals surface area contributed by atoms with E-state index < -0.39 is 12.4 Å². The van der Waals surface area contributed by atoms with Gasteiger partial charge in [0.2, 0.25) is 0 Å². The fraction of sp³-hybridized carbons (Fsp3) is 0.364. The lowest BCUT2D eigenvalue weighted by Crippen LogP contribution is -2.39. The number of halogens is 1. The molecule has 4 aromatic rings. The molecule has 43 heavy (non-hydrogen) atoms. The van der Waals surface area contributed by atoms with Crippen molar-refractivity contribution in [2.45, 2.75) is 51.1 Å². The van der Waals surface area contributed by atoms with Crippen LogP contribution in [0.4, 0.5) is 4.39 Å². The first-order valence-electron chi connectivity index (χ1n) is 15.3. The molecule has 2 aliphatic heterocycles. The second kappa shape index (κ2) is 12.8. The summed E-state index contributed by atoms with van der Waals surface area (Å²) in [5, 5.41) is 8.95. The predicted octanol–water partition coefficient (Wildman–Crippen LogP) is 5.24. The summed E-state index contributed by atoms with van der Waals surface area (Å²) in [4.78, 5) is 19.4. The number of aromatic nitrogens is 2. The lowest BCUT2D eigenvalue weighted by atomic mass is 10.1. The summed E-state index contributed by atoms with van der Waals surface area (Å²) in [5.74, 6) is -0.0640. The molecule has 0 saturated carbocycles. The Hall–Kier alpha value is -4.46. The number of nitriles is 1. The molecule has 0 radical (unpaired) electrons. The van der Waals surface area contributed by atoms with E-state index in [2.05, 4.69) is 9.47 Å². The lowest BCUT2D eigenvalue weighted by molar-refractivity contribution is -0.0592. The molecule has 3 heterocycles. The molecule has 1 aromatic heterocycles. The number of benzene rings is 3. The van der Waals surface area contributed by atoms with Gasteiger partial charge in [-0.25, -0.2) is 14.2 Å². The normalized spacial score (nSPS) is 18.3. The molecule has 0 aliphatic carbocycles. The number of esters is 1. The minimum Gasteiger partial charge on any atom is -0.490 e. The quantitative estimate of drug-likeness (QED) is 0.233. The number of ether oxygens (including phenoxy) is 4. The van der Waals surface area contributed by atoms with Crippen LogP contribution in [0.25, 0.3) is 11.0 Å². The number of rotatable bonds is 10. The van der Waals surface area contributed by atoms with Gasteiger partial charge in [0, 0.05) is 19.7 Å². The van der Waals surface area contributed by atoms with Gasteiger partial charge in [0.1, 0.15) is 24.2 Å². The van der Waals surface area contributed by atoms with E-state index in [0.717, 1.165) is 61.9 Å². The molecule has 222 valence electrons. The Bertz CT molecular complexity index is 1740. The van der Waals surface area contributed by atoms with E-state index >= 15 is 0 Å². The third-order valence-electron chi connectivity index (χ3n) is 7.80. The van der Waals surface area contributed by atoms with Crippen molar-refractivity contribution >= 4 is 17.0 Å². The lowest BCUT2D eigenvalue weighted by Gasteiger charge is -2.32. The molecule has 2 fully saturated rings. The van der Waals surface area contributed by atoms with Crippen LogP contribution in [-0.4, -0.2) is 59.4 Å². The number of carbonyl (C=O) groups is 1. The molecule has 0 spiro atoms. The van der Waals surface area contributed by atoms with Crippen LogP contribution < -0.4 is 9.47 Å². The second-order valence-electron chi connectivity index (χ2n) is 10.7. The summed E-state index contributed by atoms with van der Waals surface area (Å²) in [6, 6.07) is 17.5. The average Bonchev–Trinajstić information content (AvgIpc) is 3.36. The van der Waals surface area contributed by atoms with Crippen LogP contribution in [0, 0.1) is 17.1 Å². The fourth-order valence-electron chi connectivity index (χ4n) is 5.35. The third kappa shape index (κ3) is 6.63. The molecule has 10 heteroatoms. The van der Waals surface area contributed by atoms with Gasteiger partial charge in [-0.15, -0.1) is 0 Å². The van der Waals surface area contributed by atoms with Gasteiger partial charge in [-0.3, -0.25) is 4.90 Å². The van der Waals surface area contributed by atoms with E-state index in [9.17, 15) is 9.18 Å². The highest BCUT2D eigenvalue weighted by molar-refractivity contribution is 5.93. The van der Waals surface area contributed by atoms with Crippen molar-refractivity contribution in [3.8, 4) is 17.6 Å². The highest BCUT2D eigenvalue weighted by atomic mass is 19.1. The monoisotopic (exact) mass is 586 g/mol. The van der Waals surface area contributed by atoms with Crippen LogP contribution in [0.2, 0.25) is 0 Å². The summed E-state index contributed by atoms with van der Waals surface area (Å²) in [7, 11) is 1.37. The maximum absolute atomic E-state index is 14.4. The number of nitrogens with zero attached hydrogens (tertiary/aromatic N) is 4. The first-order valence-corrected chi connectivity index (χ1v) is 14.3. The standard InChI is InChI=1S/C33H33FN4O5/c1-40-33(39)24-6-7-29-30(17-24)38(19-27-11-14-41-27)32(36-29)20-37-12-9-25(10-13-37)43-26-4-2-3-23(15-26)21-42-31-8-5-22(18-35)16-28(31)34/h2-8,15-17,25,27H,9-14,19-21H2,1H3/t27-/m0/s1/i21D2. The smallest absolute Gasteiger partial charge is 0.337 e. The summed E-state index contributed by atoms with van der Waals surface area (Å²) < 4.78 is 55.6. The van der Waals surface area contributed by atoms with E-state index in [-0.39, 0.29) is 35.1 Å². The maximum atomic E-state index is 14.4. The zero-order valence-electron chi connectivity index (χ0n) is 25.8. The van der Waals surface area contributed by atoms with Crippen molar-refractivity contribution in [1.29, 1.82) is 5.26 Å². The molecule has 0 unspecified atom stereocenters. The van der Waals surface area contributed by atoms with Crippen LogP contribution in [0.5, 0.6) is 11.5 Å². The summed E-state index contributed by atoms with van der Waals surface area (Å²) in [5.41, 5.74) is 2.49. The molecular formula is C33H33FN4O5. The molecule has 2 aliphatic rings. The van der Waals surface area contributed by atoms with Crippen molar-refractivity contribution in [3.63, 3.8) is 0 Å². The number of methoxy groups -OCH3 is 1. The van der Waals surface area contributed by atoms with Gasteiger partial charge in [-0.1, -0.05) is 12.1 Å².